The van der Waals surface area contributed by atoms with Gasteiger partial charge in [-0.15, -0.1) is 0 Å². The zero-order valence-electron chi connectivity index (χ0n) is 9.22. The fraction of sp³-hybridized carbons (Fsp3) is 0. The van der Waals surface area contributed by atoms with Gasteiger partial charge in [0.15, 0.2) is 0 Å². The lowest BCUT2D eigenvalue weighted by atomic mass is 10.2. The third-order valence-electron chi connectivity index (χ3n) is 2.29. The van der Waals surface area contributed by atoms with Crippen molar-refractivity contribution in [3.63, 3.8) is 0 Å². The third kappa shape index (κ3) is 2.50. The van der Waals surface area contributed by atoms with Crippen molar-refractivity contribution in [2.45, 2.75) is 0 Å². The molecule has 0 saturated heterocycles. The molecule has 1 heterocycles. The molecule has 0 unspecified atom stereocenters. The maximum atomic E-state index is 13.1. The molecular weight excluding hydrogens is 233 g/mol. The number of nitrogens with zero attached hydrogens (tertiary/aromatic N) is 2. The number of halogens is 1. The topological polar surface area (TPSA) is 65.8 Å². The second-order valence-corrected chi connectivity index (χ2v) is 3.50. The Bertz CT molecular complexity index is 620. The SMILES string of the molecule is N#Cc1cc(NC(=O)c2ccncc2)ccc1F. The first-order valence-electron chi connectivity index (χ1n) is 5.12. The van der Waals surface area contributed by atoms with Gasteiger partial charge in [-0.2, -0.15) is 5.26 Å². The van der Waals surface area contributed by atoms with Crippen LogP contribution in [0.5, 0.6) is 0 Å². The van der Waals surface area contributed by atoms with E-state index < -0.39 is 5.82 Å². The summed E-state index contributed by atoms with van der Waals surface area (Å²) in [7, 11) is 0. The van der Waals surface area contributed by atoms with Gasteiger partial charge in [-0.3, -0.25) is 9.78 Å². The minimum absolute atomic E-state index is 0.109. The number of rotatable bonds is 2. The van der Waals surface area contributed by atoms with Gasteiger partial charge >= 0.3 is 0 Å². The number of hydrogen-bond donors (Lipinski definition) is 1. The first kappa shape index (κ1) is 11.7. The van der Waals surface area contributed by atoms with Gasteiger partial charge in [-0.1, -0.05) is 0 Å². The molecule has 5 heteroatoms. The van der Waals surface area contributed by atoms with E-state index in [1.165, 1.54) is 24.5 Å². The van der Waals surface area contributed by atoms with Crippen LogP contribution in [0.15, 0.2) is 42.7 Å². The molecule has 0 aliphatic heterocycles. The molecule has 0 aliphatic carbocycles. The maximum Gasteiger partial charge on any atom is 0.255 e. The van der Waals surface area contributed by atoms with Crippen LogP contribution in [-0.2, 0) is 0 Å². The van der Waals surface area contributed by atoms with Crippen molar-refractivity contribution in [1.82, 2.24) is 4.98 Å². The monoisotopic (exact) mass is 241 g/mol. The molecule has 0 radical (unpaired) electrons. The van der Waals surface area contributed by atoms with E-state index in [4.69, 9.17) is 5.26 Å². The van der Waals surface area contributed by atoms with Gasteiger partial charge in [0, 0.05) is 23.6 Å². The molecule has 0 spiro atoms. The zero-order valence-corrected chi connectivity index (χ0v) is 9.22. The summed E-state index contributed by atoms with van der Waals surface area (Å²) < 4.78 is 13.1. The van der Waals surface area contributed by atoms with E-state index in [-0.39, 0.29) is 11.5 Å². The summed E-state index contributed by atoms with van der Waals surface area (Å²) in [5.74, 6) is -0.952. The Morgan fingerprint density at radius 1 is 1.28 bits per heavy atom. The first-order valence-corrected chi connectivity index (χ1v) is 5.12. The molecule has 4 nitrogen and oxygen atoms in total. The lowest BCUT2D eigenvalue weighted by Gasteiger charge is -2.05. The summed E-state index contributed by atoms with van der Waals surface area (Å²) in [6.45, 7) is 0. The number of aromatic nitrogens is 1. The molecule has 2 rings (SSSR count). The van der Waals surface area contributed by atoms with Crippen molar-refractivity contribution in [2.24, 2.45) is 0 Å². The smallest absolute Gasteiger partial charge is 0.255 e. The molecule has 1 aromatic carbocycles. The first-order chi connectivity index (χ1) is 8.70. The van der Waals surface area contributed by atoms with Crippen LogP contribution in [0, 0.1) is 17.1 Å². The number of anilines is 1. The van der Waals surface area contributed by atoms with Gasteiger partial charge in [0.2, 0.25) is 0 Å². The second kappa shape index (κ2) is 5.06. The van der Waals surface area contributed by atoms with Gasteiger partial charge in [-0.25, -0.2) is 4.39 Å². The molecular formula is C13H8FN3O. The second-order valence-electron chi connectivity index (χ2n) is 3.50. The Labute approximate surface area is 103 Å². The Kier molecular flexibility index (Phi) is 3.30. The van der Waals surface area contributed by atoms with Gasteiger partial charge < -0.3 is 5.32 Å². The molecule has 0 atom stereocenters. The summed E-state index contributed by atoms with van der Waals surface area (Å²) in [6, 6.07) is 8.66. The Hall–Kier alpha value is -2.74. The van der Waals surface area contributed by atoms with Crippen LogP contribution in [0.25, 0.3) is 0 Å². The summed E-state index contributed by atoms with van der Waals surface area (Å²) >= 11 is 0. The van der Waals surface area contributed by atoms with Crippen LogP contribution < -0.4 is 5.32 Å². The van der Waals surface area contributed by atoms with E-state index in [1.807, 2.05) is 0 Å². The predicted octanol–water partition coefficient (Wildman–Crippen LogP) is 2.34. The molecule has 0 fully saturated rings. The molecule has 0 aliphatic rings. The highest BCUT2D eigenvalue weighted by molar-refractivity contribution is 6.04. The predicted molar refractivity (Wildman–Crippen MR) is 63.3 cm³/mol. The Morgan fingerprint density at radius 2 is 2.00 bits per heavy atom. The standard InChI is InChI=1S/C13H8FN3O/c14-12-2-1-11(7-10(12)8-15)17-13(18)9-3-5-16-6-4-9/h1-7H,(H,17,18). The minimum Gasteiger partial charge on any atom is -0.322 e. The quantitative estimate of drug-likeness (QED) is 0.877. The maximum absolute atomic E-state index is 13.1. The van der Waals surface area contributed by atoms with E-state index in [1.54, 1.807) is 18.2 Å². The summed E-state index contributed by atoms with van der Waals surface area (Å²) in [6.07, 6.45) is 3.00. The van der Waals surface area contributed by atoms with Gasteiger partial charge in [0.25, 0.3) is 5.91 Å². The average molecular weight is 241 g/mol. The molecule has 2 aromatic rings. The zero-order chi connectivity index (χ0) is 13.0. The highest BCUT2D eigenvalue weighted by Crippen LogP contribution is 2.14. The lowest BCUT2D eigenvalue weighted by molar-refractivity contribution is 0.102. The summed E-state index contributed by atoms with van der Waals surface area (Å²) in [5, 5.41) is 11.3. The highest BCUT2D eigenvalue weighted by atomic mass is 19.1. The Balaban J connectivity index is 2.20. The molecule has 18 heavy (non-hydrogen) atoms. The minimum atomic E-state index is -0.612. The van der Waals surface area contributed by atoms with Crippen molar-refractivity contribution in [3.8, 4) is 6.07 Å². The molecule has 1 N–H and O–H groups in total. The van der Waals surface area contributed by atoms with Gasteiger partial charge in [0.05, 0.1) is 5.56 Å². The summed E-state index contributed by atoms with van der Waals surface area (Å²) in [5.41, 5.74) is 0.699. The van der Waals surface area contributed by atoms with Gasteiger partial charge in [0.1, 0.15) is 11.9 Å². The van der Waals surface area contributed by atoms with Crippen LogP contribution in [0.2, 0.25) is 0 Å². The van der Waals surface area contributed by atoms with Crippen molar-refractivity contribution in [3.05, 3.63) is 59.7 Å². The molecule has 0 bridgehead atoms. The van der Waals surface area contributed by atoms with Gasteiger partial charge in [-0.05, 0) is 30.3 Å². The molecule has 0 saturated carbocycles. The number of benzene rings is 1. The largest absolute Gasteiger partial charge is 0.322 e. The molecule has 1 aromatic heterocycles. The number of carbonyl (C=O) groups excluding carboxylic acids is 1. The van der Waals surface area contributed by atoms with Crippen molar-refractivity contribution in [2.75, 3.05) is 5.32 Å². The fourth-order valence-electron chi connectivity index (χ4n) is 1.40. The number of amides is 1. The average Bonchev–Trinajstić information content (AvgIpc) is 2.42. The Morgan fingerprint density at radius 3 is 2.67 bits per heavy atom. The fourth-order valence-corrected chi connectivity index (χ4v) is 1.40. The highest BCUT2D eigenvalue weighted by Gasteiger charge is 2.07. The normalized spacial score (nSPS) is 9.56. The van der Waals surface area contributed by atoms with Crippen molar-refractivity contribution < 1.29 is 9.18 Å². The van der Waals surface area contributed by atoms with Crippen molar-refractivity contribution >= 4 is 11.6 Å². The number of nitriles is 1. The van der Waals surface area contributed by atoms with Crippen LogP contribution >= 0.6 is 0 Å². The van der Waals surface area contributed by atoms with Crippen LogP contribution in [-0.4, -0.2) is 10.9 Å². The van der Waals surface area contributed by atoms with Crippen LogP contribution in [0.1, 0.15) is 15.9 Å². The van der Waals surface area contributed by atoms with Crippen molar-refractivity contribution in [1.29, 1.82) is 5.26 Å². The number of carbonyl (C=O) groups is 1. The van der Waals surface area contributed by atoms with E-state index in [0.29, 0.717) is 11.3 Å². The van der Waals surface area contributed by atoms with Crippen LogP contribution in [0.4, 0.5) is 10.1 Å². The van der Waals surface area contributed by atoms with E-state index >= 15 is 0 Å². The third-order valence-corrected chi connectivity index (χ3v) is 2.29. The number of nitrogens with one attached hydrogen (secondary N) is 1. The number of pyridine rings is 1. The van der Waals surface area contributed by atoms with Crippen LogP contribution in [0.3, 0.4) is 0 Å². The number of hydrogen-bond acceptors (Lipinski definition) is 3. The lowest BCUT2D eigenvalue weighted by Crippen LogP contribution is -2.12. The molecule has 88 valence electrons. The summed E-state index contributed by atoms with van der Waals surface area (Å²) in [4.78, 5) is 15.6. The molecule has 1 amide bonds. The van der Waals surface area contributed by atoms with E-state index in [9.17, 15) is 9.18 Å². The van der Waals surface area contributed by atoms with E-state index in [0.717, 1.165) is 6.07 Å². The van der Waals surface area contributed by atoms with E-state index in [2.05, 4.69) is 10.3 Å².